The number of alkyl halides is 3. The van der Waals surface area contributed by atoms with Crippen molar-refractivity contribution in [2.24, 2.45) is 0 Å². The van der Waals surface area contributed by atoms with Gasteiger partial charge in [-0.05, 0) is 25.1 Å². The molecule has 0 aliphatic heterocycles. The van der Waals surface area contributed by atoms with Crippen molar-refractivity contribution in [2.45, 2.75) is 19.0 Å². The smallest absolute Gasteiger partial charge is 0.241 e. The van der Waals surface area contributed by atoms with Gasteiger partial charge in [-0.2, -0.15) is 18.3 Å². The van der Waals surface area contributed by atoms with Crippen LogP contribution in [0, 0.1) is 0 Å². The van der Waals surface area contributed by atoms with Crippen LogP contribution in [-0.2, 0) is 0 Å². The van der Waals surface area contributed by atoms with E-state index in [0.717, 1.165) is 12.6 Å². The predicted molar refractivity (Wildman–Crippen MR) is 58.0 cm³/mol. The molecule has 2 rings (SSSR count). The topological polar surface area (TPSA) is 17.8 Å². The largest absolute Gasteiger partial charge is 0.397 e. The summed E-state index contributed by atoms with van der Waals surface area (Å²) in [4.78, 5) is 0. The van der Waals surface area contributed by atoms with Crippen molar-refractivity contribution in [3.8, 4) is 5.69 Å². The Bertz CT molecular complexity index is 488. The summed E-state index contributed by atoms with van der Waals surface area (Å²) >= 11 is 0. The van der Waals surface area contributed by atoms with E-state index < -0.39 is 12.1 Å². The van der Waals surface area contributed by atoms with Crippen LogP contribution in [0.4, 0.5) is 13.2 Å². The highest BCUT2D eigenvalue weighted by atomic mass is 19.4. The molecule has 17 heavy (non-hydrogen) atoms. The Kier molecular flexibility index (Phi) is 2.92. The maximum absolute atomic E-state index is 12.5. The van der Waals surface area contributed by atoms with Gasteiger partial charge in [-0.15, -0.1) is 0 Å². The molecular weight excluding hydrogens is 229 g/mol. The lowest BCUT2D eigenvalue weighted by atomic mass is 10.1. The average Bonchev–Trinajstić information content (AvgIpc) is 2.77. The Morgan fingerprint density at radius 3 is 2.35 bits per heavy atom. The second-order valence-electron chi connectivity index (χ2n) is 3.78. The maximum atomic E-state index is 12.5. The number of hydrogen-bond acceptors (Lipinski definition) is 1. The second kappa shape index (κ2) is 4.24. The molecule has 0 amide bonds. The van der Waals surface area contributed by atoms with Gasteiger partial charge >= 0.3 is 6.18 Å². The van der Waals surface area contributed by atoms with E-state index in [4.69, 9.17) is 0 Å². The third-order valence-electron chi connectivity index (χ3n) is 2.57. The molecule has 0 aliphatic rings. The van der Waals surface area contributed by atoms with Gasteiger partial charge in [0.2, 0.25) is 0 Å². The van der Waals surface area contributed by atoms with Crippen molar-refractivity contribution in [1.82, 2.24) is 9.78 Å². The number of aromatic nitrogens is 2. The molecule has 1 aromatic carbocycles. The molecule has 0 saturated carbocycles. The van der Waals surface area contributed by atoms with Crippen LogP contribution in [0.2, 0.25) is 0 Å². The van der Waals surface area contributed by atoms with Gasteiger partial charge < -0.3 is 0 Å². The minimum atomic E-state index is -4.25. The highest BCUT2D eigenvalue weighted by Gasteiger charge is 2.38. The number of para-hydroxylation sites is 1. The molecule has 1 atom stereocenters. The van der Waals surface area contributed by atoms with E-state index in [1.807, 2.05) is 18.2 Å². The van der Waals surface area contributed by atoms with E-state index in [0.29, 0.717) is 0 Å². The summed E-state index contributed by atoms with van der Waals surface area (Å²) < 4.78 is 38.9. The molecule has 5 heteroatoms. The Morgan fingerprint density at radius 1 is 1.12 bits per heavy atom. The normalized spacial score (nSPS) is 13.6. The van der Waals surface area contributed by atoms with Crippen molar-refractivity contribution in [3.05, 3.63) is 48.3 Å². The molecule has 90 valence electrons. The molecule has 0 bridgehead atoms. The minimum absolute atomic E-state index is 0.0290. The Labute approximate surface area is 96.7 Å². The van der Waals surface area contributed by atoms with E-state index in [-0.39, 0.29) is 5.69 Å². The zero-order chi connectivity index (χ0) is 12.5. The first kappa shape index (κ1) is 11.7. The van der Waals surface area contributed by atoms with Crippen LogP contribution < -0.4 is 0 Å². The quantitative estimate of drug-likeness (QED) is 0.785. The number of halogens is 3. The molecule has 0 radical (unpaired) electrons. The fourth-order valence-electron chi connectivity index (χ4n) is 1.46. The van der Waals surface area contributed by atoms with Gasteiger partial charge in [-0.25, -0.2) is 4.68 Å². The SMILES string of the molecule is CC(c1ccn(-c2ccccc2)n1)C(F)(F)F. The van der Waals surface area contributed by atoms with Gasteiger partial charge in [-0.3, -0.25) is 0 Å². The van der Waals surface area contributed by atoms with E-state index in [2.05, 4.69) is 5.10 Å². The standard InChI is InChI=1S/C12H11F3N2/c1-9(12(13,14)15)11-7-8-17(16-11)10-5-3-2-4-6-10/h2-9H,1H3. The number of hydrogen-bond donors (Lipinski definition) is 0. The lowest BCUT2D eigenvalue weighted by Crippen LogP contribution is -2.18. The van der Waals surface area contributed by atoms with Gasteiger partial charge in [0.1, 0.15) is 0 Å². The summed E-state index contributed by atoms with van der Waals surface area (Å²) in [6.07, 6.45) is -2.72. The molecule has 0 saturated heterocycles. The molecule has 1 unspecified atom stereocenters. The van der Waals surface area contributed by atoms with Gasteiger partial charge in [0, 0.05) is 6.20 Å². The molecule has 1 heterocycles. The Hall–Kier alpha value is -1.78. The first-order valence-electron chi connectivity index (χ1n) is 5.16. The average molecular weight is 240 g/mol. The fourth-order valence-corrected chi connectivity index (χ4v) is 1.46. The lowest BCUT2D eigenvalue weighted by molar-refractivity contribution is -0.147. The van der Waals surface area contributed by atoms with E-state index in [9.17, 15) is 13.2 Å². The van der Waals surface area contributed by atoms with Crippen LogP contribution in [0.1, 0.15) is 18.5 Å². The van der Waals surface area contributed by atoms with Gasteiger partial charge in [0.15, 0.2) is 0 Å². The lowest BCUT2D eigenvalue weighted by Gasteiger charge is -2.12. The summed E-state index contributed by atoms with van der Waals surface area (Å²) in [5.74, 6) is -1.55. The van der Waals surface area contributed by atoms with Crippen LogP contribution in [0.3, 0.4) is 0 Å². The summed E-state index contributed by atoms with van der Waals surface area (Å²) in [7, 11) is 0. The van der Waals surface area contributed by atoms with Crippen molar-refractivity contribution < 1.29 is 13.2 Å². The maximum Gasteiger partial charge on any atom is 0.397 e. The van der Waals surface area contributed by atoms with Gasteiger partial charge in [0.05, 0.1) is 17.3 Å². The number of rotatable bonds is 2. The molecule has 0 fully saturated rings. The molecule has 2 aromatic rings. The van der Waals surface area contributed by atoms with E-state index in [1.54, 1.807) is 12.1 Å². The highest BCUT2D eigenvalue weighted by Crippen LogP contribution is 2.33. The van der Waals surface area contributed by atoms with Gasteiger partial charge in [0.25, 0.3) is 0 Å². The predicted octanol–water partition coefficient (Wildman–Crippen LogP) is 3.54. The van der Waals surface area contributed by atoms with Crippen LogP contribution in [0.25, 0.3) is 5.69 Å². The van der Waals surface area contributed by atoms with Crippen LogP contribution in [0.15, 0.2) is 42.6 Å². The molecule has 1 aromatic heterocycles. The monoisotopic (exact) mass is 240 g/mol. The zero-order valence-electron chi connectivity index (χ0n) is 9.15. The van der Waals surface area contributed by atoms with Crippen molar-refractivity contribution >= 4 is 0 Å². The van der Waals surface area contributed by atoms with Crippen molar-refractivity contribution in [1.29, 1.82) is 0 Å². The minimum Gasteiger partial charge on any atom is -0.241 e. The fraction of sp³-hybridized carbons (Fsp3) is 0.250. The summed E-state index contributed by atoms with van der Waals surface area (Å²) in [6, 6.07) is 10.4. The first-order valence-corrected chi connectivity index (χ1v) is 5.16. The summed E-state index contributed by atoms with van der Waals surface area (Å²) in [6.45, 7) is 1.11. The van der Waals surface area contributed by atoms with Crippen LogP contribution >= 0.6 is 0 Å². The zero-order valence-corrected chi connectivity index (χ0v) is 9.15. The van der Waals surface area contributed by atoms with E-state index in [1.165, 1.54) is 16.9 Å². The van der Waals surface area contributed by atoms with Crippen molar-refractivity contribution in [3.63, 3.8) is 0 Å². The Balaban J connectivity index is 2.28. The van der Waals surface area contributed by atoms with Crippen molar-refractivity contribution in [2.75, 3.05) is 0 Å². The second-order valence-corrected chi connectivity index (χ2v) is 3.78. The molecule has 2 nitrogen and oxygen atoms in total. The number of benzene rings is 1. The van der Waals surface area contributed by atoms with Crippen LogP contribution in [-0.4, -0.2) is 16.0 Å². The summed E-state index contributed by atoms with van der Waals surface area (Å²) in [5, 5.41) is 3.94. The number of nitrogens with zero attached hydrogens (tertiary/aromatic N) is 2. The Morgan fingerprint density at radius 2 is 1.76 bits per heavy atom. The first-order chi connectivity index (χ1) is 7.98. The molecular formula is C12H11F3N2. The van der Waals surface area contributed by atoms with Gasteiger partial charge in [-0.1, -0.05) is 18.2 Å². The van der Waals surface area contributed by atoms with E-state index >= 15 is 0 Å². The van der Waals surface area contributed by atoms with Crippen LogP contribution in [0.5, 0.6) is 0 Å². The third-order valence-corrected chi connectivity index (χ3v) is 2.57. The molecule has 0 aliphatic carbocycles. The molecule has 0 spiro atoms. The third kappa shape index (κ3) is 2.49. The molecule has 0 N–H and O–H groups in total. The highest BCUT2D eigenvalue weighted by molar-refractivity contribution is 5.30. The summed E-state index contributed by atoms with van der Waals surface area (Å²) in [5.41, 5.74) is 0.773.